The van der Waals surface area contributed by atoms with E-state index in [-0.39, 0.29) is 0 Å². The SMILES string of the molecule is c1ccc(-c2cccc(S(c3ccccc3)(c3ccccc3)c3cccc(-c4cc(-n5c6ccccc6c6ccccc65)nc(-n5c6ccccc6c6ccc7c(c8ccccc8n7-c7cccc(S(c8ccccc8)(c8ccccc8)c8ccccc8)c7)c65)n4)c3)c2)cc1. The van der Waals surface area contributed by atoms with Crippen LogP contribution in [0, 0.1) is 0 Å². The summed E-state index contributed by atoms with van der Waals surface area (Å²) in [6.45, 7) is 0. The summed E-state index contributed by atoms with van der Waals surface area (Å²) in [5, 5.41) is 6.83. The number of hydrogen-bond donors (Lipinski definition) is 0. The van der Waals surface area contributed by atoms with E-state index in [1.54, 1.807) is 0 Å². The Hall–Kier alpha value is -11.7. The molecule has 0 atom stereocenters. The van der Waals surface area contributed by atoms with Crippen LogP contribution in [0.1, 0.15) is 0 Å². The van der Waals surface area contributed by atoms with E-state index in [0.29, 0.717) is 5.95 Å². The molecule has 4 aromatic heterocycles. The third kappa shape index (κ3) is 8.95. The van der Waals surface area contributed by atoms with Crippen molar-refractivity contribution >= 4 is 85.5 Å². The predicted octanol–water partition coefficient (Wildman–Crippen LogP) is 23.8. The van der Waals surface area contributed by atoms with Gasteiger partial charge in [-0.3, -0.25) is 9.13 Å². The largest absolute Gasteiger partial charge is 0.309 e. The molecule has 0 spiro atoms. The molecule has 0 fully saturated rings. The Bertz CT molecular complexity index is 5720. The van der Waals surface area contributed by atoms with Crippen molar-refractivity contribution in [2.45, 2.75) is 39.2 Å². The number of para-hydroxylation sites is 4. The molecule has 0 aliphatic rings. The predicted molar refractivity (Wildman–Crippen MR) is 396 cm³/mol. The molecule has 4 heterocycles. The third-order valence-corrected chi connectivity index (χ3v) is 26.7. The minimum Gasteiger partial charge on any atom is -0.309 e. The molecule has 18 aromatic rings. The number of rotatable bonds is 13. The van der Waals surface area contributed by atoms with Gasteiger partial charge in [-0.1, -0.05) is 231 Å². The second-order valence-corrected chi connectivity index (χ2v) is 30.3. The molecule has 5 nitrogen and oxygen atoms in total. The standard InChI is InChI=1S/C88H61N5S2/c1-7-30-62(31-8-1)63-32-27-45-71(58-63)95(69-41-15-5-16-42-69,70-43-17-6-18-44-70)72-46-28-33-64(59-72)79-61-85(92-80-52-23-19-48-74(80)75-49-20-24-53-81(75)92)90-88(89-79)93-82-54-25-21-50-76(82)77-56-57-84-86(87(77)93)78-51-22-26-55-83(78)91(84)65-34-29-47-73(60-65)94(66-35-9-2-10-36-66,67-37-11-3-12-38-67)68-39-13-4-14-40-68/h1-61H. The highest BCUT2D eigenvalue weighted by molar-refractivity contribution is 8.34. The molecule has 0 saturated heterocycles. The molecular weight excluding hydrogens is 1190 g/mol. The highest BCUT2D eigenvalue weighted by Crippen LogP contribution is 2.75. The summed E-state index contributed by atoms with van der Waals surface area (Å²) in [5.74, 6) is 1.34. The van der Waals surface area contributed by atoms with E-state index >= 15 is 0 Å². The van der Waals surface area contributed by atoms with Crippen LogP contribution in [0.25, 0.3) is 105 Å². The summed E-state index contributed by atoms with van der Waals surface area (Å²) >= 11 is 0. The molecule has 0 amide bonds. The van der Waals surface area contributed by atoms with Gasteiger partial charge in [0, 0.05) is 88.8 Å². The molecule has 0 bridgehead atoms. The molecule has 450 valence electrons. The Kier molecular flexibility index (Phi) is 13.6. The van der Waals surface area contributed by atoms with E-state index in [4.69, 9.17) is 9.97 Å². The van der Waals surface area contributed by atoms with Crippen molar-refractivity contribution in [3.63, 3.8) is 0 Å². The van der Waals surface area contributed by atoms with E-state index in [0.717, 1.165) is 88.2 Å². The maximum absolute atomic E-state index is 5.93. The zero-order chi connectivity index (χ0) is 62.9. The molecular formula is C88H61N5S2. The summed E-state index contributed by atoms with van der Waals surface area (Å²) in [4.78, 5) is 21.8. The molecule has 0 radical (unpaired) electrons. The molecule has 7 heteroatoms. The molecule has 0 aliphatic carbocycles. The third-order valence-electron chi connectivity index (χ3n) is 18.9. The number of benzene rings is 14. The van der Waals surface area contributed by atoms with E-state index in [1.165, 1.54) is 50.3 Å². The average Bonchev–Trinajstić information content (AvgIpc) is 1.62. The van der Waals surface area contributed by atoms with Gasteiger partial charge in [0.2, 0.25) is 5.95 Å². The lowest BCUT2D eigenvalue weighted by Crippen LogP contribution is -2.08. The zero-order valence-electron chi connectivity index (χ0n) is 51.8. The van der Waals surface area contributed by atoms with E-state index in [2.05, 4.69) is 384 Å². The highest BCUT2D eigenvalue weighted by Gasteiger charge is 2.36. The first kappa shape index (κ1) is 56.0. The Morgan fingerprint density at radius 2 is 0.589 bits per heavy atom. The first-order valence-electron chi connectivity index (χ1n) is 32.3. The van der Waals surface area contributed by atoms with Gasteiger partial charge < -0.3 is 4.57 Å². The van der Waals surface area contributed by atoms with Gasteiger partial charge in [-0.15, -0.1) is 20.1 Å². The summed E-state index contributed by atoms with van der Waals surface area (Å²) in [6.07, 6.45) is 0. The van der Waals surface area contributed by atoms with Crippen LogP contribution in [0.2, 0.25) is 0 Å². The number of aromatic nitrogens is 5. The minimum atomic E-state index is -2.17. The maximum atomic E-state index is 5.93. The van der Waals surface area contributed by atoms with Crippen LogP contribution in [-0.4, -0.2) is 23.7 Å². The van der Waals surface area contributed by atoms with Gasteiger partial charge in [-0.25, -0.2) is 4.98 Å². The number of nitrogens with zero attached hydrogens (tertiary/aromatic N) is 5. The molecule has 14 aromatic carbocycles. The highest BCUT2D eigenvalue weighted by atomic mass is 32.3. The van der Waals surface area contributed by atoms with Gasteiger partial charge in [0.1, 0.15) is 5.82 Å². The van der Waals surface area contributed by atoms with E-state index < -0.39 is 20.1 Å². The molecule has 0 unspecified atom stereocenters. The average molecular weight is 1250 g/mol. The Labute approximate surface area is 554 Å². The zero-order valence-corrected chi connectivity index (χ0v) is 53.4. The normalized spacial score (nSPS) is 12.3. The summed E-state index contributed by atoms with van der Waals surface area (Å²) < 4.78 is 7.18. The van der Waals surface area contributed by atoms with Crippen LogP contribution in [-0.2, 0) is 0 Å². The Morgan fingerprint density at radius 3 is 1.11 bits per heavy atom. The van der Waals surface area contributed by atoms with Crippen molar-refractivity contribution in [3.8, 4) is 39.8 Å². The van der Waals surface area contributed by atoms with E-state index in [1.807, 2.05) is 0 Å². The van der Waals surface area contributed by atoms with Crippen molar-refractivity contribution in [1.29, 1.82) is 0 Å². The van der Waals surface area contributed by atoms with Crippen LogP contribution in [0.4, 0.5) is 0 Å². The smallest absolute Gasteiger partial charge is 0.237 e. The second kappa shape index (κ2) is 23.1. The topological polar surface area (TPSA) is 40.6 Å². The van der Waals surface area contributed by atoms with Gasteiger partial charge in [-0.05, 0) is 145 Å². The summed E-state index contributed by atoms with van der Waals surface area (Å²) in [6, 6.07) is 136. The fraction of sp³-hybridized carbons (Fsp3) is 0. The van der Waals surface area contributed by atoms with Gasteiger partial charge in [0.25, 0.3) is 0 Å². The quantitative estimate of drug-likeness (QED) is 0.115. The molecule has 0 aliphatic heterocycles. The van der Waals surface area contributed by atoms with Crippen LogP contribution in [0.5, 0.6) is 0 Å². The van der Waals surface area contributed by atoms with Gasteiger partial charge in [0.05, 0.1) is 38.8 Å². The van der Waals surface area contributed by atoms with Crippen LogP contribution in [0.15, 0.2) is 409 Å². The van der Waals surface area contributed by atoms with E-state index in [9.17, 15) is 0 Å². The van der Waals surface area contributed by atoms with Crippen molar-refractivity contribution in [2.24, 2.45) is 0 Å². The first-order valence-corrected chi connectivity index (χ1v) is 35.5. The second-order valence-electron chi connectivity index (χ2n) is 24.1. The summed E-state index contributed by atoms with van der Waals surface area (Å²) in [5.41, 5.74) is 11.6. The molecule has 95 heavy (non-hydrogen) atoms. The van der Waals surface area contributed by atoms with Crippen LogP contribution >= 0.6 is 20.1 Å². The lowest BCUT2D eigenvalue weighted by Gasteiger charge is -2.42. The van der Waals surface area contributed by atoms with Gasteiger partial charge >= 0.3 is 0 Å². The minimum absolute atomic E-state index is 0.574. The molecule has 0 saturated carbocycles. The maximum Gasteiger partial charge on any atom is 0.237 e. The first-order chi connectivity index (χ1) is 47.1. The van der Waals surface area contributed by atoms with Crippen molar-refractivity contribution < 1.29 is 0 Å². The van der Waals surface area contributed by atoms with Crippen molar-refractivity contribution in [2.75, 3.05) is 0 Å². The number of hydrogen-bond acceptors (Lipinski definition) is 2. The number of fused-ring (bicyclic) bond motifs is 10. The van der Waals surface area contributed by atoms with Crippen molar-refractivity contribution in [3.05, 3.63) is 370 Å². The van der Waals surface area contributed by atoms with Gasteiger partial charge in [-0.2, -0.15) is 4.98 Å². The van der Waals surface area contributed by atoms with Crippen LogP contribution in [0.3, 0.4) is 0 Å². The molecule has 0 N–H and O–H groups in total. The Balaban J connectivity index is 0.910. The summed E-state index contributed by atoms with van der Waals surface area (Å²) in [7, 11) is -4.17. The molecule has 18 rings (SSSR count). The van der Waals surface area contributed by atoms with Gasteiger partial charge in [0.15, 0.2) is 0 Å². The lowest BCUT2D eigenvalue weighted by molar-refractivity contribution is 0.953. The lowest BCUT2D eigenvalue weighted by atomic mass is 10.1. The van der Waals surface area contributed by atoms with Crippen molar-refractivity contribution in [1.82, 2.24) is 23.7 Å². The fourth-order valence-corrected chi connectivity index (χ4v) is 22.7. The monoisotopic (exact) mass is 1250 g/mol. The van der Waals surface area contributed by atoms with Crippen LogP contribution < -0.4 is 0 Å². The fourth-order valence-electron chi connectivity index (χ4n) is 14.9. The Morgan fingerprint density at radius 1 is 0.221 bits per heavy atom.